The number of nitrogen functional groups attached to an aromatic ring is 1. The van der Waals surface area contributed by atoms with Crippen molar-refractivity contribution in [2.24, 2.45) is 0 Å². The number of aromatic nitrogens is 4. The van der Waals surface area contributed by atoms with Gasteiger partial charge in [-0.15, -0.1) is 5.10 Å². The fraction of sp³-hybridized carbons (Fsp3) is 0.143. The molecule has 0 saturated heterocycles. The summed E-state index contributed by atoms with van der Waals surface area (Å²) in [5.74, 6) is -0.370. The second-order valence-corrected chi connectivity index (χ2v) is 2.73. The highest BCUT2D eigenvalue weighted by molar-refractivity contribution is 5.55. The van der Waals surface area contributed by atoms with Crippen molar-refractivity contribution in [1.82, 2.24) is 20.2 Å². The van der Waals surface area contributed by atoms with Crippen LogP contribution in [0.3, 0.4) is 0 Å². The highest BCUT2D eigenvalue weighted by Gasteiger charge is 2.37. The zero-order valence-corrected chi connectivity index (χ0v) is 7.56. The molecule has 0 aliphatic carbocycles. The lowest BCUT2D eigenvalue weighted by molar-refractivity contribution is -0.140. The van der Waals surface area contributed by atoms with Gasteiger partial charge in [-0.3, -0.25) is 0 Å². The molecule has 0 unspecified atom stereocenters. The van der Waals surface area contributed by atoms with E-state index in [0.29, 0.717) is 0 Å². The monoisotopic (exact) mass is 231 g/mol. The van der Waals surface area contributed by atoms with E-state index in [9.17, 15) is 13.2 Å². The van der Waals surface area contributed by atoms with Crippen LogP contribution in [0, 0.1) is 0 Å². The van der Waals surface area contributed by atoms with Crippen LogP contribution in [-0.4, -0.2) is 20.2 Å². The first-order valence-electron chi connectivity index (χ1n) is 3.95. The molecule has 2 aromatic rings. The van der Waals surface area contributed by atoms with Crippen LogP contribution >= 0.6 is 0 Å². The van der Waals surface area contributed by atoms with Crippen LogP contribution in [0.25, 0.3) is 11.5 Å². The first-order chi connectivity index (χ1) is 7.48. The van der Waals surface area contributed by atoms with Crippen LogP contribution in [0.5, 0.6) is 0 Å². The zero-order chi connectivity index (χ0) is 11.8. The molecule has 16 heavy (non-hydrogen) atoms. The molecule has 2 rings (SSSR count). The number of halogens is 3. The summed E-state index contributed by atoms with van der Waals surface area (Å²) in [5.41, 5.74) is 3.56. The number of hydrogen-bond donors (Lipinski definition) is 1. The largest absolute Gasteiger partial charge is 0.434 e. The Balaban J connectivity index is 2.57. The van der Waals surface area contributed by atoms with E-state index in [0.717, 1.165) is 12.5 Å². The predicted molar refractivity (Wildman–Crippen MR) is 44.7 cm³/mol. The van der Waals surface area contributed by atoms with Crippen molar-refractivity contribution in [3.8, 4) is 11.5 Å². The molecule has 2 heterocycles. The Bertz CT molecular complexity index is 509. The molecular formula is C7H4F3N5O. The summed E-state index contributed by atoms with van der Waals surface area (Å²) in [6, 6.07) is -0.327. The lowest BCUT2D eigenvalue weighted by atomic mass is 10.2. The topological polar surface area (TPSA) is 90.7 Å². The van der Waals surface area contributed by atoms with E-state index in [4.69, 9.17) is 5.73 Å². The van der Waals surface area contributed by atoms with Gasteiger partial charge >= 0.3 is 12.2 Å². The molecule has 9 heteroatoms. The Morgan fingerprint density at radius 3 is 2.56 bits per heavy atom. The van der Waals surface area contributed by atoms with Crippen LogP contribution in [0.1, 0.15) is 5.69 Å². The number of anilines is 1. The molecule has 2 N–H and O–H groups in total. The second kappa shape index (κ2) is 3.43. The fourth-order valence-electron chi connectivity index (χ4n) is 1.06. The lowest BCUT2D eigenvalue weighted by Crippen LogP contribution is -2.10. The van der Waals surface area contributed by atoms with Crippen LogP contribution < -0.4 is 5.73 Å². The van der Waals surface area contributed by atoms with E-state index >= 15 is 0 Å². The van der Waals surface area contributed by atoms with Gasteiger partial charge in [-0.25, -0.2) is 9.97 Å². The van der Waals surface area contributed by atoms with E-state index in [1.807, 2.05) is 0 Å². The lowest BCUT2D eigenvalue weighted by Gasteiger charge is -2.07. The van der Waals surface area contributed by atoms with Crippen LogP contribution in [0.15, 0.2) is 16.9 Å². The van der Waals surface area contributed by atoms with E-state index in [1.54, 1.807) is 0 Å². The molecule has 0 aromatic carbocycles. The molecule has 2 aromatic heterocycles. The molecule has 0 radical (unpaired) electrons. The molecule has 0 atom stereocenters. The summed E-state index contributed by atoms with van der Waals surface area (Å²) >= 11 is 0. The number of nitrogens with two attached hydrogens (primary N) is 1. The van der Waals surface area contributed by atoms with Crippen molar-refractivity contribution in [2.45, 2.75) is 6.18 Å². The number of rotatable bonds is 1. The van der Waals surface area contributed by atoms with Gasteiger partial charge in [0.05, 0.1) is 5.56 Å². The van der Waals surface area contributed by atoms with Gasteiger partial charge in [0, 0.05) is 6.20 Å². The highest BCUT2D eigenvalue weighted by Crippen LogP contribution is 2.34. The van der Waals surface area contributed by atoms with E-state index in [1.165, 1.54) is 0 Å². The maximum Gasteiger partial charge on any atom is 0.434 e. The minimum absolute atomic E-state index is 0.327. The Kier molecular flexibility index (Phi) is 2.22. The summed E-state index contributed by atoms with van der Waals surface area (Å²) < 4.78 is 42.3. The van der Waals surface area contributed by atoms with Gasteiger partial charge in [0.1, 0.15) is 6.33 Å². The van der Waals surface area contributed by atoms with E-state index < -0.39 is 17.4 Å². The van der Waals surface area contributed by atoms with Gasteiger partial charge in [-0.1, -0.05) is 5.10 Å². The number of alkyl halides is 3. The predicted octanol–water partition coefficient (Wildman–Crippen LogP) is 1.13. The van der Waals surface area contributed by atoms with Crippen molar-refractivity contribution in [1.29, 1.82) is 0 Å². The van der Waals surface area contributed by atoms with Gasteiger partial charge in [-0.2, -0.15) is 13.2 Å². The molecule has 84 valence electrons. The van der Waals surface area contributed by atoms with Crippen LogP contribution in [0.2, 0.25) is 0 Å². The maximum absolute atomic E-state index is 12.5. The van der Waals surface area contributed by atoms with Gasteiger partial charge in [-0.05, 0) is 0 Å². The van der Waals surface area contributed by atoms with E-state index in [-0.39, 0.29) is 11.9 Å². The minimum Gasteiger partial charge on any atom is -0.403 e. The van der Waals surface area contributed by atoms with Gasteiger partial charge < -0.3 is 10.2 Å². The SMILES string of the molecule is Nc1nnc(-c2cncnc2C(F)(F)F)o1. The van der Waals surface area contributed by atoms with Crippen molar-refractivity contribution in [3.05, 3.63) is 18.2 Å². The molecule has 6 nitrogen and oxygen atoms in total. The van der Waals surface area contributed by atoms with Gasteiger partial charge in [0.2, 0.25) is 0 Å². The fourth-order valence-corrected chi connectivity index (χ4v) is 1.06. The average molecular weight is 231 g/mol. The molecule has 0 spiro atoms. The van der Waals surface area contributed by atoms with Crippen molar-refractivity contribution >= 4 is 6.01 Å². The highest BCUT2D eigenvalue weighted by atomic mass is 19.4. The van der Waals surface area contributed by atoms with Crippen LogP contribution in [0.4, 0.5) is 19.2 Å². The van der Waals surface area contributed by atoms with Crippen molar-refractivity contribution < 1.29 is 17.6 Å². The summed E-state index contributed by atoms with van der Waals surface area (Å²) in [5, 5.41) is 6.59. The maximum atomic E-state index is 12.5. The Morgan fingerprint density at radius 2 is 2.00 bits per heavy atom. The summed E-state index contributed by atoms with van der Waals surface area (Å²) in [6.07, 6.45) is -2.91. The van der Waals surface area contributed by atoms with Crippen LogP contribution in [-0.2, 0) is 6.18 Å². The quantitative estimate of drug-likeness (QED) is 0.790. The molecule has 0 bridgehead atoms. The molecule has 0 saturated carbocycles. The van der Waals surface area contributed by atoms with Crippen molar-refractivity contribution in [3.63, 3.8) is 0 Å². The summed E-state index contributed by atoms with van der Waals surface area (Å²) in [6.45, 7) is 0. The first kappa shape index (κ1) is 10.3. The molecular weight excluding hydrogens is 227 g/mol. The second-order valence-electron chi connectivity index (χ2n) is 2.73. The Labute approximate surface area is 86.3 Å². The normalized spacial score (nSPS) is 11.7. The standard InChI is InChI=1S/C7H4F3N5O/c8-7(9,10)4-3(1-12-2-13-4)5-14-15-6(11)16-5/h1-2H,(H2,11,15). The summed E-state index contributed by atoms with van der Waals surface area (Å²) in [4.78, 5) is 6.60. The van der Waals surface area contributed by atoms with Crippen molar-refractivity contribution in [2.75, 3.05) is 5.73 Å². The molecule has 0 aliphatic rings. The van der Waals surface area contributed by atoms with E-state index in [2.05, 4.69) is 24.6 Å². The third-order valence-corrected chi connectivity index (χ3v) is 1.65. The first-order valence-corrected chi connectivity index (χ1v) is 3.95. The third-order valence-electron chi connectivity index (χ3n) is 1.65. The number of hydrogen-bond acceptors (Lipinski definition) is 6. The third kappa shape index (κ3) is 1.78. The van der Waals surface area contributed by atoms with Gasteiger partial charge in [0.15, 0.2) is 5.69 Å². The summed E-state index contributed by atoms with van der Waals surface area (Å²) in [7, 11) is 0. The molecule has 0 fully saturated rings. The Hall–Kier alpha value is -2.19. The number of nitrogens with zero attached hydrogens (tertiary/aromatic N) is 4. The molecule has 0 amide bonds. The minimum atomic E-state index is -4.62. The average Bonchev–Trinajstić information content (AvgIpc) is 2.64. The zero-order valence-electron chi connectivity index (χ0n) is 7.56. The smallest absolute Gasteiger partial charge is 0.403 e. The van der Waals surface area contributed by atoms with Gasteiger partial charge in [0.25, 0.3) is 5.89 Å². The Morgan fingerprint density at radius 1 is 1.25 bits per heavy atom. The molecule has 0 aliphatic heterocycles.